The normalized spacial score (nSPS) is 12.6. The lowest BCUT2D eigenvalue weighted by Gasteiger charge is -2.18. The Bertz CT molecular complexity index is 1570. The third kappa shape index (κ3) is 69.3. The molecule has 0 aromatic rings. The SMILES string of the molecule is CC/C=C\C/C=C\C/C=C\C/C=C\C/C=C\C/C=C\CCCCCCCCCCCCCCCCC(=O)OCC(COC(=O)CCCCCCCCC)OC(=O)CCCCCCCCCCCCCCC/C=C\CCCCCCCCCC. The first-order valence-corrected chi connectivity index (χ1v) is 36.1. The molecule has 0 aliphatic rings. The average molecular weight is 1160 g/mol. The molecule has 83 heavy (non-hydrogen) atoms. The molecule has 0 saturated heterocycles. The Labute approximate surface area is 515 Å². The zero-order valence-electron chi connectivity index (χ0n) is 55.2. The minimum absolute atomic E-state index is 0.0717. The minimum atomic E-state index is -0.773. The molecule has 6 heteroatoms. The largest absolute Gasteiger partial charge is 0.462 e. The lowest BCUT2D eigenvalue weighted by atomic mass is 10.0. The van der Waals surface area contributed by atoms with E-state index in [1.54, 1.807) is 0 Å². The maximum Gasteiger partial charge on any atom is 0.306 e. The molecule has 0 aliphatic heterocycles. The molecule has 480 valence electrons. The van der Waals surface area contributed by atoms with Gasteiger partial charge in [0.15, 0.2) is 6.10 Å². The van der Waals surface area contributed by atoms with Crippen LogP contribution in [-0.2, 0) is 28.6 Å². The van der Waals surface area contributed by atoms with Crippen LogP contribution in [0.15, 0.2) is 85.1 Å². The summed E-state index contributed by atoms with van der Waals surface area (Å²) >= 11 is 0. The first-order valence-electron chi connectivity index (χ1n) is 36.1. The molecule has 6 nitrogen and oxygen atoms in total. The van der Waals surface area contributed by atoms with Crippen LogP contribution in [0.3, 0.4) is 0 Å². The van der Waals surface area contributed by atoms with Crippen LogP contribution in [0.1, 0.15) is 367 Å². The molecule has 0 fully saturated rings. The maximum atomic E-state index is 12.9. The average Bonchev–Trinajstić information content (AvgIpc) is 3.50. The summed E-state index contributed by atoms with van der Waals surface area (Å²) in [5, 5.41) is 0. The van der Waals surface area contributed by atoms with Crippen LogP contribution in [0.25, 0.3) is 0 Å². The van der Waals surface area contributed by atoms with Crippen LogP contribution >= 0.6 is 0 Å². The summed E-state index contributed by atoms with van der Waals surface area (Å²) in [4.78, 5) is 38.2. The summed E-state index contributed by atoms with van der Waals surface area (Å²) in [5.41, 5.74) is 0. The smallest absolute Gasteiger partial charge is 0.306 e. The van der Waals surface area contributed by atoms with Crippen molar-refractivity contribution in [3.63, 3.8) is 0 Å². The number of hydrogen-bond acceptors (Lipinski definition) is 6. The van der Waals surface area contributed by atoms with Crippen LogP contribution in [0.5, 0.6) is 0 Å². The molecule has 1 unspecified atom stereocenters. The fraction of sp³-hybridized carbons (Fsp3) is 0.779. The van der Waals surface area contributed by atoms with Crippen molar-refractivity contribution in [3.8, 4) is 0 Å². The molecule has 0 N–H and O–H groups in total. The van der Waals surface area contributed by atoms with Gasteiger partial charge in [0.05, 0.1) is 0 Å². The van der Waals surface area contributed by atoms with E-state index in [1.165, 1.54) is 231 Å². The summed E-state index contributed by atoms with van der Waals surface area (Å²) in [6, 6.07) is 0. The van der Waals surface area contributed by atoms with Crippen molar-refractivity contribution in [2.45, 2.75) is 374 Å². The van der Waals surface area contributed by atoms with Gasteiger partial charge in [0.25, 0.3) is 0 Å². The second kappa shape index (κ2) is 71.1. The highest BCUT2D eigenvalue weighted by molar-refractivity contribution is 5.71. The van der Waals surface area contributed by atoms with Crippen LogP contribution in [0.4, 0.5) is 0 Å². The van der Waals surface area contributed by atoms with Crippen LogP contribution in [0, 0.1) is 0 Å². The molecule has 0 amide bonds. The Morgan fingerprint density at radius 1 is 0.253 bits per heavy atom. The van der Waals surface area contributed by atoms with Gasteiger partial charge in [-0.3, -0.25) is 14.4 Å². The lowest BCUT2D eigenvalue weighted by molar-refractivity contribution is -0.167. The van der Waals surface area contributed by atoms with Crippen molar-refractivity contribution >= 4 is 17.9 Å². The molecular weight excluding hydrogens is 1020 g/mol. The van der Waals surface area contributed by atoms with Gasteiger partial charge >= 0.3 is 17.9 Å². The number of ether oxygens (including phenoxy) is 3. The topological polar surface area (TPSA) is 78.9 Å². The molecule has 0 saturated carbocycles. The molecule has 0 heterocycles. The van der Waals surface area contributed by atoms with E-state index < -0.39 is 6.10 Å². The monoisotopic (exact) mass is 1160 g/mol. The predicted molar refractivity (Wildman–Crippen MR) is 362 cm³/mol. The highest BCUT2D eigenvalue weighted by Crippen LogP contribution is 2.18. The predicted octanol–water partition coefficient (Wildman–Crippen LogP) is 25.0. The van der Waals surface area contributed by atoms with Crippen molar-refractivity contribution in [1.29, 1.82) is 0 Å². The van der Waals surface area contributed by atoms with Crippen molar-refractivity contribution in [2.24, 2.45) is 0 Å². The fourth-order valence-corrected chi connectivity index (χ4v) is 10.5. The van der Waals surface area contributed by atoms with Gasteiger partial charge in [-0.2, -0.15) is 0 Å². The molecule has 0 aliphatic carbocycles. The van der Waals surface area contributed by atoms with Gasteiger partial charge in [-0.05, 0) is 96.3 Å². The van der Waals surface area contributed by atoms with Crippen LogP contribution in [0.2, 0.25) is 0 Å². The molecule has 1 atom stereocenters. The fourth-order valence-electron chi connectivity index (χ4n) is 10.5. The Kier molecular flexibility index (Phi) is 68.2. The zero-order chi connectivity index (χ0) is 59.9. The van der Waals surface area contributed by atoms with Crippen molar-refractivity contribution in [1.82, 2.24) is 0 Å². The lowest BCUT2D eigenvalue weighted by Crippen LogP contribution is -2.30. The van der Waals surface area contributed by atoms with E-state index in [9.17, 15) is 14.4 Å². The number of esters is 3. The van der Waals surface area contributed by atoms with E-state index in [0.29, 0.717) is 19.3 Å². The van der Waals surface area contributed by atoms with Crippen molar-refractivity contribution < 1.29 is 28.6 Å². The van der Waals surface area contributed by atoms with Crippen molar-refractivity contribution in [2.75, 3.05) is 13.2 Å². The second-order valence-electron chi connectivity index (χ2n) is 24.1. The standard InChI is InChI=1S/C77H136O6/c1-4-7-10-13-16-18-20-22-24-26-28-30-32-34-35-36-37-38-39-40-41-43-44-46-48-50-52-54-56-58-61-64-67-70-76(79)82-73-74(72-81-75(78)69-66-63-60-15-12-9-6-3)83-77(80)71-68-65-62-59-57-55-53-51-49-47-45-42-33-31-29-27-25-23-21-19-17-14-11-8-5-2/h7,10,16,18,22,24,27-30,34-35,37-38,74H,4-6,8-9,11-15,17,19-21,23,25-26,31-33,36,39-73H2,1-3H3/b10-7-,18-16-,24-22-,29-27-,30-28-,35-34-,38-37-. The van der Waals surface area contributed by atoms with Gasteiger partial charge in [-0.15, -0.1) is 0 Å². The zero-order valence-corrected chi connectivity index (χ0v) is 55.2. The molecular formula is C77H136O6. The highest BCUT2D eigenvalue weighted by Gasteiger charge is 2.19. The van der Waals surface area contributed by atoms with Crippen LogP contribution in [-0.4, -0.2) is 37.2 Å². The number of allylic oxidation sites excluding steroid dienone is 14. The van der Waals surface area contributed by atoms with Crippen molar-refractivity contribution in [3.05, 3.63) is 85.1 Å². The third-order valence-corrected chi connectivity index (χ3v) is 15.9. The van der Waals surface area contributed by atoms with Crippen LogP contribution < -0.4 is 0 Å². The summed E-state index contributed by atoms with van der Waals surface area (Å²) in [5.74, 6) is -0.860. The highest BCUT2D eigenvalue weighted by atomic mass is 16.6. The van der Waals surface area contributed by atoms with E-state index in [2.05, 4.69) is 106 Å². The first-order chi connectivity index (χ1) is 41.0. The van der Waals surface area contributed by atoms with Gasteiger partial charge in [-0.25, -0.2) is 0 Å². The van der Waals surface area contributed by atoms with E-state index in [-0.39, 0.29) is 31.1 Å². The Morgan fingerprint density at radius 3 is 0.747 bits per heavy atom. The molecule has 0 aromatic heterocycles. The summed E-state index contributed by atoms with van der Waals surface area (Å²) in [6.07, 6.45) is 95.1. The molecule has 0 radical (unpaired) electrons. The number of unbranched alkanes of at least 4 members (excludes halogenated alkanes) is 41. The molecule has 0 bridgehead atoms. The van der Waals surface area contributed by atoms with Gasteiger partial charge < -0.3 is 14.2 Å². The Hall–Kier alpha value is -3.41. The number of carbonyl (C=O) groups is 3. The first kappa shape index (κ1) is 79.6. The number of rotatable bonds is 66. The third-order valence-electron chi connectivity index (χ3n) is 15.9. The minimum Gasteiger partial charge on any atom is -0.462 e. The Balaban J connectivity index is 4.04. The van der Waals surface area contributed by atoms with Gasteiger partial charge in [-0.1, -0.05) is 337 Å². The van der Waals surface area contributed by atoms with E-state index >= 15 is 0 Å². The Morgan fingerprint density at radius 2 is 0.470 bits per heavy atom. The van der Waals surface area contributed by atoms with E-state index in [1.807, 2.05) is 0 Å². The maximum absolute atomic E-state index is 12.9. The summed E-state index contributed by atoms with van der Waals surface area (Å²) < 4.78 is 16.9. The van der Waals surface area contributed by atoms with Gasteiger partial charge in [0, 0.05) is 19.3 Å². The summed E-state index contributed by atoms with van der Waals surface area (Å²) in [7, 11) is 0. The number of hydrogen-bond donors (Lipinski definition) is 0. The van der Waals surface area contributed by atoms with Gasteiger partial charge in [0.2, 0.25) is 0 Å². The molecule has 0 aromatic carbocycles. The van der Waals surface area contributed by atoms with Gasteiger partial charge in [0.1, 0.15) is 13.2 Å². The summed E-state index contributed by atoms with van der Waals surface area (Å²) in [6.45, 7) is 6.53. The quantitative estimate of drug-likeness (QED) is 0.0261. The second-order valence-corrected chi connectivity index (χ2v) is 24.1. The van der Waals surface area contributed by atoms with E-state index in [0.717, 1.165) is 96.3 Å². The molecule has 0 spiro atoms. The number of carbonyl (C=O) groups excluding carboxylic acids is 3. The molecule has 0 rings (SSSR count). The van der Waals surface area contributed by atoms with E-state index in [4.69, 9.17) is 14.2 Å².